The lowest BCUT2D eigenvalue weighted by atomic mass is 10.1. The van der Waals surface area contributed by atoms with E-state index in [0.29, 0.717) is 12.6 Å². The first-order valence-electron chi connectivity index (χ1n) is 9.51. The van der Waals surface area contributed by atoms with Gasteiger partial charge in [0.2, 0.25) is 5.91 Å². The number of rotatable bonds is 5. The summed E-state index contributed by atoms with van der Waals surface area (Å²) in [4.78, 5) is 21.0. The molecule has 0 aliphatic carbocycles. The van der Waals surface area contributed by atoms with E-state index in [9.17, 15) is 9.18 Å². The second-order valence-corrected chi connectivity index (χ2v) is 7.35. The molecule has 0 aromatic heterocycles. The number of anilines is 1. The standard InChI is InChI=1S/C19H27FN4O2/c20-16-1-3-17(4-2-16)22-7-9-23(10-8-22)18-13-21(14-18)5-6-24-11-12-26-15-19(24)25/h1-4,18H,5-15H2. The number of ether oxygens (including phenoxy) is 1. The maximum absolute atomic E-state index is 13.1. The molecule has 3 aliphatic rings. The molecule has 1 aromatic rings. The molecule has 3 heterocycles. The molecule has 1 amide bonds. The SMILES string of the molecule is O=C1COCCN1CCN1CC(N2CCN(c3ccc(F)cc3)CC2)C1. The predicted molar refractivity (Wildman–Crippen MR) is 97.8 cm³/mol. The van der Waals surface area contributed by atoms with E-state index in [0.717, 1.165) is 64.6 Å². The molecule has 0 radical (unpaired) electrons. The number of carbonyl (C=O) groups excluding carboxylic acids is 1. The smallest absolute Gasteiger partial charge is 0.248 e. The van der Waals surface area contributed by atoms with Crippen LogP contribution in [0.25, 0.3) is 0 Å². The molecule has 0 bridgehead atoms. The fourth-order valence-electron chi connectivity index (χ4n) is 4.00. The highest BCUT2D eigenvalue weighted by Gasteiger charge is 2.33. The average molecular weight is 362 g/mol. The summed E-state index contributed by atoms with van der Waals surface area (Å²) in [5.74, 6) is -0.0639. The van der Waals surface area contributed by atoms with E-state index >= 15 is 0 Å². The normalized spacial score (nSPS) is 23.3. The minimum Gasteiger partial charge on any atom is -0.370 e. The summed E-state index contributed by atoms with van der Waals surface area (Å²) < 4.78 is 18.2. The minimum absolute atomic E-state index is 0.116. The first kappa shape index (κ1) is 17.7. The van der Waals surface area contributed by atoms with Crippen LogP contribution in [0.15, 0.2) is 24.3 Å². The maximum Gasteiger partial charge on any atom is 0.248 e. The number of likely N-dealkylation sites (tertiary alicyclic amines) is 1. The third kappa shape index (κ3) is 4.00. The fourth-order valence-corrected chi connectivity index (χ4v) is 4.00. The highest BCUT2D eigenvalue weighted by atomic mass is 19.1. The van der Waals surface area contributed by atoms with Crippen LogP contribution in [-0.2, 0) is 9.53 Å². The number of morpholine rings is 1. The Balaban J connectivity index is 1.16. The minimum atomic E-state index is -0.180. The Morgan fingerprint density at radius 2 is 1.73 bits per heavy atom. The summed E-state index contributed by atoms with van der Waals surface area (Å²) in [6.45, 7) is 9.66. The van der Waals surface area contributed by atoms with Gasteiger partial charge in [0.15, 0.2) is 0 Å². The van der Waals surface area contributed by atoms with Crippen LogP contribution in [-0.4, -0.2) is 98.8 Å². The van der Waals surface area contributed by atoms with E-state index < -0.39 is 0 Å². The van der Waals surface area contributed by atoms with E-state index in [-0.39, 0.29) is 18.3 Å². The summed E-state index contributed by atoms with van der Waals surface area (Å²) in [5.41, 5.74) is 1.11. The Morgan fingerprint density at radius 1 is 1.00 bits per heavy atom. The molecule has 0 unspecified atom stereocenters. The lowest BCUT2D eigenvalue weighted by Gasteiger charge is -2.49. The number of hydrogen-bond donors (Lipinski definition) is 0. The number of nitrogens with zero attached hydrogens (tertiary/aromatic N) is 4. The van der Waals surface area contributed by atoms with Gasteiger partial charge in [-0.3, -0.25) is 14.6 Å². The number of benzene rings is 1. The second kappa shape index (κ2) is 7.90. The molecule has 26 heavy (non-hydrogen) atoms. The maximum atomic E-state index is 13.1. The summed E-state index contributed by atoms with van der Waals surface area (Å²) in [6, 6.07) is 7.42. The highest BCUT2D eigenvalue weighted by molar-refractivity contribution is 5.77. The van der Waals surface area contributed by atoms with Crippen molar-refractivity contribution in [3.05, 3.63) is 30.1 Å². The lowest BCUT2D eigenvalue weighted by molar-refractivity contribution is -0.143. The van der Waals surface area contributed by atoms with Crippen molar-refractivity contribution in [3.63, 3.8) is 0 Å². The Kier molecular flexibility index (Phi) is 5.38. The van der Waals surface area contributed by atoms with Gasteiger partial charge in [-0.25, -0.2) is 4.39 Å². The van der Waals surface area contributed by atoms with Gasteiger partial charge >= 0.3 is 0 Å². The zero-order valence-electron chi connectivity index (χ0n) is 15.1. The van der Waals surface area contributed by atoms with Gasteiger partial charge < -0.3 is 14.5 Å². The number of halogens is 1. The Labute approximate surface area is 154 Å². The van der Waals surface area contributed by atoms with Crippen LogP contribution in [0.1, 0.15) is 0 Å². The summed E-state index contributed by atoms with van der Waals surface area (Å²) in [6.07, 6.45) is 0. The first-order valence-corrected chi connectivity index (χ1v) is 9.51. The van der Waals surface area contributed by atoms with Gasteiger partial charge in [0.05, 0.1) is 6.61 Å². The van der Waals surface area contributed by atoms with Gasteiger partial charge in [-0.05, 0) is 24.3 Å². The Hall–Kier alpha value is -1.70. The Morgan fingerprint density at radius 3 is 2.42 bits per heavy atom. The summed E-state index contributed by atoms with van der Waals surface area (Å²) in [5, 5.41) is 0. The molecule has 4 rings (SSSR count). The van der Waals surface area contributed by atoms with Crippen molar-refractivity contribution in [3.8, 4) is 0 Å². The Bertz CT molecular complexity index is 612. The van der Waals surface area contributed by atoms with Gasteiger partial charge in [-0.15, -0.1) is 0 Å². The van der Waals surface area contributed by atoms with E-state index in [4.69, 9.17) is 4.74 Å². The lowest BCUT2D eigenvalue weighted by Crippen LogP contribution is -2.64. The molecule has 0 N–H and O–H groups in total. The second-order valence-electron chi connectivity index (χ2n) is 7.35. The highest BCUT2D eigenvalue weighted by Crippen LogP contribution is 2.21. The molecule has 0 spiro atoms. The molecule has 3 aliphatic heterocycles. The topological polar surface area (TPSA) is 39.3 Å². The molecular weight excluding hydrogens is 335 g/mol. The third-order valence-electron chi connectivity index (χ3n) is 5.73. The van der Waals surface area contributed by atoms with Crippen LogP contribution in [0.4, 0.5) is 10.1 Å². The third-order valence-corrected chi connectivity index (χ3v) is 5.73. The van der Waals surface area contributed by atoms with Crippen LogP contribution in [0, 0.1) is 5.82 Å². The molecule has 1 aromatic carbocycles. The molecule has 6 nitrogen and oxygen atoms in total. The number of hydrogen-bond acceptors (Lipinski definition) is 5. The predicted octanol–water partition coefficient (Wildman–Crippen LogP) is 0.491. The van der Waals surface area contributed by atoms with Gasteiger partial charge in [0, 0.05) is 70.6 Å². The van der Waals surface area contributed by atoms with Gasteiger partial charge in [-0.2, -0.15) is 0 Å². The number of amides is 1. The van der Waals surface area contributed by atoms with Crippen molar-refractivity contribution >= 4 is 11.6 Å². The summed E-state index contributed by atoms with van der Waals surface area (Å²) in [7, 11) is 0. The van der Waals surface area contributed by atoms with Crippen molar-refractivity contribution in [1.29, 1.82) is 0 Å². The van der Waals surface area contributed by atoms with Crippen molar-refractivity contribution in [2.75, 3.05) is 77.0 Å². The largest absolute Gasteiger partial charge is 0.370 e. The van der Waals surface area contributed by atoms with Crippen LogP contribution >= 0.6 is 0 Å². The summed E-state index contributed by atoms with van der Waals surface area (Å²) >= 11 is 0. The quantitative estimate of drug-likeness (QED) is 0.762. The van der Waals surface area contributed by atoms with Crippen LogP contribution in [0.5, 0.6) is 0 Å². The average Bonchev–Trinajstić information content (AvgIpc) is 2.63. The molecule has 0 atom stereocenters. The molecule has 0 saturated carbocycles. The zero-order chi connectivity index (χ0) is 17.9. The molecule has 142 valence electrons. The van der Waals surface area contributed by atoms with Crippen molar-refractivity contribution in [1.82, 2.24) is 14.7 Å². The number of piperazine rings is 1. The molecular formula is C19H27FN4O2. The van der Waals surface area contributed by atoms with E-state index in [1.54, 1.807) is 0 Å². The zero-order valence-corrected chi connectivity index (χ0v) is 15.1. The van der Waals surface area contributed by atoms with Crippen LogP contribution in [0.2, 0.25) is 0 Å². The van der Waals surface area contributed by atoms with Gasteiger partial charge in [-0.1, -0.05) is 0 Å². The van der Waals surface area contributed by atoms with E-state index in [2.05, 4.69) is 14.7 Å². The van der Waals surface area contributed by atoms with E-state index in [1.807, 2.05) is 17.0 Å². The van der Waals surface area contributed by atoms with E-state index in [1.165, 1.54) is 12.1 Å². The monoisotopic (exact) mass is 362 g/mol. The van der Waals surface area contributed by atoms with Gasteiger partial charge in [0.1, 0.15) is 12.4 Å². The van der Waals surface area contributed by atoms with Gasteiger partial charge in [0.25, 0.3) is 0 Å². The molecule has 7 heteroatoms. The van der Waals surface area contributed by atoms with Crippen LogP contribution in [0.3, 0.4) is 0 Å². The molecule has 3 fully saturated rings. The first-order chi connectivity index (χ1) is 12.7. The van der Waals surface area contributed by atoms with Crippen molar-refractivity contribution < 1.29 is 13.9 Å². The van der Waals surface area contributed by atoms with Crippen molar-refractivity contribution in [2.45, 2.75) is 6.04 Å². The fraction of sp³-hybridized carbons (Fsp3) is 0.632. The molecule has 3 saturated heterocycles. The van der Waals surface area contributed by atoms with Crippen LogP contribution < -0.4 is 4.90 Å². The van der Waals surface area contributed by atoms with Crippen molar-refractivity contribution in [2.24, 2.45) is 0 Å². The number of carbonyl (C=O) groups is 1.